The van der Waals surface area contributed by atoms with Crippen molar-refractivity contribution in [3.8, 4) is 0 Å². The van der Waals surface area contributed by atoms with Crippen molar-refractivity contribution in [1.29, 1.82) is 0 Å². The van der Waals surface area contributed by atoms with Crippen LogP contribution in [0.15, 0.2) is 0 Å². The Kier molecular flexibility index (Phi) is 8.46. The largest absolute Gasteiger partial charge is 0.463 e. The molecule has 0 radical (unpaired) electrons. The summed E-state index contributed by atoms with van der Waals surface area (Å²) in [6, 6.07) is 0. The van der Waals surface area contributed by atoms with Crippen molar-refractivity contribution in [2.75, 3.05) is 0 Å². The lowest BCUT2D eigenvalue weighted by atomic mass is 10.1. The summed E-state index contributed by atoms with van der Waals surface area (Å²) in [5.41, 5.74) is 0. The number of rotatable bonds is 8. The number of carbonyl (C=O) groups excluding carboxylic acids is 2. The second-order valence-corrected chi connectivity index (χ2v) is 4.48. The van der Waals surface area contributed by atoms with Crippen LogP contribution in [-0.4, -0.2) is 24.1 Å². The molecule has 2 atom stereocenters. The fourth-order valence-electron chi connectivity index (χ4n) is 1.72. The average molecular weight is 244 g/mol. The van der Waals surface area contributed by atoms with Crippen LogP contribution in [0.1, 0.15) is 59.8 Å². The van der Waals surface area contributed by atoms with Gasteiger partial charge in [-0.05, 0) is 39.5 Å². The lowest BCUT2D eigenvalue weighted by molar-refractivity contribution is -0.146. The SMILES string of the molecule is CC(=O)OC(C)CCCCCC(C)OC(C)=O. The summed E-state index contributed by atoms with van der Waals surface area (Å²) in [6.45, 7) is 6.67. The van der Waals surface area contributed by atoms with Crippen LogP contribution in [0, 0.1) is 0 Å². The average Bonchev–Trinajstić information content (AvgIpc) is 2.14. The first kappa shape index (κ1) is 15.9. The van der Waals surface area contributed by atoms with E-state index in [1.807, 2.05) is 13.8 Å². The summed E-state index contributed by atoms with van der Waals surface area (Å²) in [6.07, 6.45) is 4.90. The molecule has 0 bridgehead atoms. The van der Waals surface area contributed by atoms with Crippen LogP contribution in [0.25, 0.3) is 0 Å². The number of ether oxygens (including phenoxy) is 2. The molecule has 0 aromatic heterocycles. The van der Waals surface area contributed by atoms with E-state index in [9.17, 15) is 9.59 Å². The number of hydrogen-bond donors (Lipinski definition) is 0. The van der Waals surface area contributed by atoms with Gasteiger partial charge in [-0.3, -0.25) is 9.59 Å². The van der Waals surface area contributed by atoms with Gasteiger partial charge in [-0.25, -0.2) is 0 Å². The first-order valence-electron chi connectivity index (χ1n) is 6.26. The van der Waals surface area contributed by atoms with Crippen LogP contribution in [0.5, 0.6) is 0 Å². The molecule has 0 amide bonds. The summed E-state index contributed by atoms with van der Waals surface area (Å²) in [5.74, 6) is -0.443. The smallest absolute Gasteiger partial charge is 0.302 e. The fraction of sp³-hybridized carbons (Fsp3) is 0.846. The highest BCUT2D eigenvalue weighted by Crippen LogP contribution is 2.11. The van der Waals surface area contributed by atoms with Gasteiger partial charge in [0.1, 0.15) is 0 Å². The molecule has 100 valence electrons. The summed E-state index contributed by atoms with van der Waals surface area (Å²) in [5, 5.41) is 0. The summed E-state index contributed by atoms with van der Waals surface area (Å²) in [7, 11) is 0. The highest BCUT2D eigenvalue weighted by Gasteiger charge is 2.07. The predicted octanol–water partition coefficient (Wildman–Crippen LogP) is 2.84. The zero-order valence-corrected chi connectivity index (χ0v) is 11.3. The number of hydrogen-bond acceptors (Lipinski definition) is 4. The van der Waals surface area contributed by atoms with Crippen molar-refractivity contribution in [2.24, 2.45) is 0 Å². The van der Waals surface area contributed by atoms with E-state index in [1.165, 1.54) is 13.8 Å². The van der Waals surface area contributed by atoms with Crippen LogP contribution in [0.3, 0.4) is 0 Å². The normalized spacial score (nSPS) is 13.9. The molecule has 0 aromatic carbocycles. The van der Waals surface area contributed by atoms with Crippen LogP contribution in [-0.2, 0) is 19.1 Å². The Hall–Kier alpha value is -1.06. The van der Waals surface area contributed by atoms with E-state index in [4.69, 9.17) is 9.47 Å². The zero-order valence-electron chi connectivity index (χ0n) is 11.3. The van der Waals surface area contributed by atoms with Crippen LogP contribution >= 0.6 is 0 Å². The first-order chi connectivity index (χ1) is 7.91. The minimum Gasteiger partial charge on any atom is -0.463 e. The summed E-state index contributed by atoms with van der Waals surface area (Å²) >= 11 is 0. The lowest BCUT2D eigenvalue weighted by Gasteiger charge is -2.13. The van der Waals surface area contributed by atoms with E-state index in [2.05, 4.69) is 0 Å². The third-order valence-electron chi connectivity index (χ3n) is 2.46. The van der Waals surface area contributed by atoms with Crippen LogP contribution < -0.4 is 0 Å². The van der Waals surface area contributed by atoms with Crippen molar-refractivity contribution in [3.05, 3.63) is 0 Å². The van der Waals surface area contributed by atoms with Crippen molar-refractivity contribution in [1.82, 2.24) is 0 Å². The van der Waals surface area contributed by atoms with E-state index in [0.29, 0.717) is 0 Å². The van der Waals surface area contributed by atoms with Gasteiger partial charge in [-0.2, -0.15) is 0 Å². The quantitative estimate of drug-likeness (QED) is 0.486. The Morgan fingerprint density at radius 1 is 0.824 bits per heavy atom. The molecular formula is C13H24O4. The molecule has 0 N–H and O–H groups in total. The second kappa shape index (κ2) is 9.02. The maximum absolute atomic E-state index is 10.7. The van der Waals surface area contributed by atoms with Gasteiger partial charge in [0.05, 0.1) is 12.2 Å². The van der Waals surface area contributed by atoms with E-state index < -0.39 is 0 Å². The Bertz CT molecular complexity index is 214. The van der Waals surface area contributed by atoms with Gasteiger partial charge in [0.15, 0.2) is 0 Å². The molecule has 0 aliphatic heterocycles. The molecule has 0 fully saturated rings. The Morgan fingerprint density at radius 3 is 1.47 bits per heavy atom. The van der Waals surface area contributed by atoms with Crippen molar-refractivity contribution in [3.63, 3.8) is 0 Å². The molecule has 0 saturated heterocycles. The molecule has 0 spiro atoms. The molecule has 2 unspecified atom stereocenters. The highest BCUT2D eigenvalue weighted by atomic mass is 16.5. The maximum Gasteiger partial charge on any atom is 0.302 e. The number of unbranched alkanes of at least 4 members (excludes halogenated alkanes) is 2. The molecule has 0 aliphatic rings. The van der Waals surface area contributed by atoms with Crippen LogP contribution in [0.2, 0.25) is 0 Å². The van der Waals surface area contributed by atoms with Gasteiger partial charge >= 0.3 is 11.9 Å². The van der Waals surface area contributed by atoms with E-state index >= 15 is 0 Å². The number of esters is 2. The molecule has 4 heteroatoms. The first-order valence-corrected chi connectivity index (χ1v) is 6.26. The lowest BCUT2D eigenvalue weighted by Crippen LogP contribution is -2.13. The standard InChI is InChI=1S/C13H24O4/c1-10(16-12(3)14)8-6-5-7-9-11(2)17-13(4)15/h10-11H,5-9H2,1-4H3. The Morgan fingerprint density at radius 2 is 1.18 bits per heavy atom. The Labute approximate surface area is 104 Å². The topological polar surface area (TPSA) is 52.6 Å². The third-order valence-corrected chi connectivity index (χ3v) is 2.46. The molecule has 0 rings (SSSR count). The van der Waals surface area contributed by atoms with Gasteiger partial charge in [0.25, 0.3) is 0 Å². The van der Waals surface area contributed by atoms with Gasteiger partial charge < -0.3 is 9.47 Å². The summed E-state index contributed by atoms with van der Waals surface area (Å²) in [4.78, 5) is 21.3. The Balaban J connectivity index is 3.39. The molecular weight excluding hydrogens is 220 g/mol. The predicted molar refractivity (Wildman–Crippen MR) is 65.5 cm³/mol. The molecule has 0 heterocycles. The van der Waals surface area contributed by atoms with E-state index in [1.54, 1.807) is 0 Å². The van der Waals surface area contributed by atoms with Gasteiger partial charge in [0, 0.05) is 13.8 Å². The third kappa shape index (κ3) is 11.2. The van der Waals surface area contributed by atoms with Crippen molar-refractivity contribution < 1.29 is 19.1 Å². The second-order valence-electron chi connectivity index (χ2n) is 4.48. The maximum atomic E-state index is 10.7. The molecule has 0 aliphatic carbocycles. The minimum absolute atomic E-state index is 0.00149. The van der Waals surface area contributed by atoms with E-state index in [-0.39, 0.29) is 24.1 Å². The molecule has 0 saturated carbocycles. The zero-order chi connectivity index (χ0) is 13.3. The monoisotopic (exact) mass is 244 g/mol. The summed E-state index contributed by atoms with van der Waals surface area (Å²) < 4.78 is 10.0. The molecule has 0 aromatic rings. The highest BCUT2D eigenvalue weighted by molar-refractivity contribution is 5.66. The van der Waals surface area contributed by atoms with Gasteiger partial charge in [0.2, 0.25) is 0 Å². The molecule has 4 nitrogen and oxygen atoms in total. The van der Waals surface area contributed by atoms with Crippen LogP contribution in [0.4, 0.5) is 0 Å². The van der Waals surface area contributed by atoms with Crippen molar-refractivity contribution >= 4 is 11.9 Å². The van der Waals surface area contributed by atoms with Gasteiger partial charge in [-0.1, -0.05) is 6.42 Å². The fourth-order valence-corrected chi connectivity index (χ4v) is 1.72. The molecule has 17 heavy (non-hydrogen) atoms. The van der Waals surface area contributed by atoms with E-state index in [0.717, 1.165) is 32.1 Å². The van der Waals surface area contributed by atoms with Crippen molar-refractivity contribution in [2.45, 2.75) is 72.0 Å². The van der Waals surface area contributed by atoms with Gasteiger partial charge in [-0.15, -0.1) is 0 Å². The number of carbonyl (C=O) groups is 2. The minimum atomic E-state index is -0.221.